The average molecular weight is 287 g/mol. The SMILES string of the molecule is CCCOc1ccc(C(NC)c2cc(C)cc(F)c2)cc1. The Kier molecular flexibility index (Phi) is 5.34. The van der Waals surface area contributed by atoms with E-state index in [4.69, 9.17) is 4.74 Å². The van der Waals surface area contributed by atoms with E-state index in [-0.39, 0.29) is 11.9 Å². The summed E-state index contributed by atoms with van der Waals surface area (Å²) in [6.07, 6.45) is 0.990. The Morgan fingerprint density at radius 3 is 2.38 bits per heavy atom. The molecule has 1 unspecified atom stereocenters. The van der Waals surface area contributed by atoms with Crippen LogP contribution in [0.4, 0.5) is 4.39 Å². The summed E-state index contributed by atoms with van der Waals surface area (Å²) in [6.45, 7) is 4.70. The Balaban J connectivity index is 2.24. The fourth-order valence-corrected chi connectivity index (χ4v) is 2.43. The molecule has 0 aliphatic rings. The van der Waals surface area contributed by atoms with Gasteiger partial charge in [-0.2, -0.15) is 0 Å². The molecule has 0 saturated heterocycles. The molecule has 0 aliphatic heterocycles. The minimum absolute atomic E-state index is 0.0281. The summed E-state index contributed by atoms with van der Waals surface area (Å²) in [6, 6.07) is 13.1. The third-order valence-electron chi connectivity index (χ3n) is 3.37. The van der Waals surface area contributed by atoms with Crippen LogP contribution in [0.3, 0.4) is 0 Å². The first-order chi connectivity index (χ1) is 10.1. The van der Waals surface area contributed by atoms with Crippen molar-refractivity contribution in [3.8, 4) is 5.75 Å². The maximum Gasteiger partial charge on any atom is 0.123 e. The van der Waals surface area contributed by atoms with E-state index in [0.29, 0.717) is 0 Å². The minimum Gasteiger partial charge on any atom is -0.494 e. The molecule has 0 amide bonds. The summed E-state index contributed by atoms with van der Waals surface area (Å²) in [7, 11) is 1.88. The zero-order valence-electron chi connectivity index (χ0n) is 12.8. The summed E-state index contributed by atoms with van der Waals surface area (Å²) in [4.78, 5) is 0. The number of hydrogen-bond acceptors (Lipinski definition) is 2. The van der Waals surface area contributed by atoms with Gasteiger partial charge in [0.2, 0.25) is 0 Å². The Morgan fingerprint density at radius 2 is 1.81 bits per heavy atom. The molecule has 0 heterocycles. The second-order valence-electron chi connectivity index (χ2n) is 5.20. The minimum atomic E-state index is -0.201. The van der Waals surface area contributed by atoms with E-state index in [1.165, 1.54) is 6.07 Å². The summed E-state index contributed by atoms with van der Waals surface area (Å²) in [5.74, 6) is 0.666. The quantitative estimate of drug-likeness (QED) is 0.858. The molecule has 21 heavy (non-hydrogen) atoms. The maximum atomic E-state index is 13.6. The van der Waals surface area contributed by atoms with E-state index in [1.807, 2.05) is 44.3 Å². The molecule has 2 aromatic carbocycles. The number of nitrogens with one attached hydrogen (secondary N) is 1. The number of benzene rings is 2. The van der Waals surface area contributed by atoms with Crippen molar-refractivity contribution in [1.82, 2.24) is 5.32 Å². The molecule has 0 aromatic heterocycles. The van der Waals surface area contributed by atoms with Gasteiger partial charge in [-0.05, 0) is 61.3 Å². The van der Waals surface area contributed by atoms with E-state index in [0.717, 1.165) is 35.5 Å². The second-order valence-corrected chi connectivity index (χ2v) is 5.20. The molecule has 0 bridgehead atoms. The van der Waals surface area contributed by atoms with Gasteiger partial charge in [0.05, 0.1) is 12.6 Å². The normalized spacial score (nSPS) is 12.2. The fourth-order valence-electron chi connectivity index (χ4n) is 2.43. The number of halogens is 1. The highest BCUT2D eigenvalue weighted by molar-refractivity contribution is 5.37. The average Bonchev–Trinajstić information content (AvgIpc) is 2.46. The van der Waals surface area contributed by atoms with Crippen LogP contribution in [0.25, 0.3) is 0 Å². The zero-order valence-corrected chi connectivity index (χ0v) is 12.8. The van der Waals surface area contributed by atoms with Crippen molar-refractivity contribution < 1.29 is 9.13 Å². The van der Waals surface area contributed by atoms with E-state index in [9.17, 15) is 4.39 Å². The topological polar surface area (TPSA) is 21.3 Å². The van der Waals surface area contributed by atoms with Crippen LogP contribution >= 0.6 is 0 Å². The summed E-state index contributed by atoms with van der Waals surface area (Å²) in [5, 5.41) is 3.24. The predicted octanol–water partition coefficient (Wildman–Crippen LogP) is 4.23. The van der Waals surface area contributed by atoms with Gasteiger partial charge in [-0.1, -0.05) is 25.1 Å². The van der Waals surface area contributed by atoms with Crippen LogP contribution in [0.15, 0.2) is 42.5 Å². The van der Waals surface area contributed by atoms with Crippen molar-refractivity contribution in [3.63, 3.8) is 0 Å². The largest absolute Gasteiger partial charge is 0.494 e. The maximum absolute atomic E-state index is 13.6. The molecule has 0 spiro atoms. The van der Waals surface area contributed by atoms with Crippen molar-refractivity contribution in [1.29, 1.82) is 0 Å². The first-order valence-corrected chi connectivity index (χ1v) is 7.31. The molecule has 0 aliphatic carbocycles. The molecule has 112 valence electrons. The molecule has 0 fully saturated rings. The van der Waals surface area contributed by atoms with Crippen LogP contribution in [0.5, 0.6) is 5.75 Å². The van der Waals surface area contributed by atoms with Crippen LogP contribution in [0, 0.1) is 12.7 Å². The lowest BCUT2D eigenvalue weighted by Gasteiger charge is -2.18. The lowest BCUT2D eigenvalue weighted by atomic mass is 9.97. The van der Waals surface area contributed by atoms with Crippen molar-refractivity contribution in [2.75, 3.05) is 13.7 Å². The van der Waals surface area contributed by atoms with Crippen molar-refractivity contribution in [3.05, 3.63) is 65.0 Å². The van der Waals surface area contributed by atoms with Gasteiger partial charge in [-0.3, -0.25) is 0 Å². The lowest BCUT2D eigenvalue weighted by molar-refractivity contribution is 0.317. The Hall–Kier alpha value is -1.87. The summed E-state index contributed by atoms with van der Waals surface area (Å²) in [5.41, 5.74) is 2.94. The monoisotopic (exact) mass is 287 g/mol. The second kappa shape index (κ2) is 7.23. The van der Waals surface area contributed by atoms with Gasteiger partial charge in [-0.15, -0.1) is 0 Å². The molecule has 2 aromatic rings. The van der Waals surface area contributed by atoms with Crippen LogP contribution in [-0.4, -0.2) is 13.7 Å². The van der Waals surface area contributed by atoms with Gasteiger partial charge < -0.3 is 10.1 Å². The van der Waals surface area contributed by atoms with Crippen molar-refractivity contribution in [2.24, 2.45) is 0 Å². The lowest BCUT2D eigenvalue weighted by Crippen LogP contribution is -2.18. The first kappa shape index (κ1) is 15.5. The fraction of sp³-hybridized carbons (Fsp3) is 0.333. The van der Waals surface area contributed by atoms with Gasteiger partial charge in [0, 0.05) is 0 Å². The molecule has 1 atom stereocenters. The molecule has 1 N–H and O–H groups in total. The van der Waals surface area contributed by atoms with E-state index in [1.54, 1.807) is 6.07 Å². The predicted molar refractivity (Wildman–Crippen MR) is 84.3 cm³/mol. The number of hydrogen-bond donors (Lipinski definition) is 1. The van der Waals surface area contributed by atoms with Gasteiger partial charge in [0.25, 0.3) is 0 Å². The number of aryl methyl sites for hydroxylation is 1. The molecule has 0 saturated carbocycles. The first-order valence-electron chi connectivity index (χ1n) is 7.31. The molecule has 2 rings (SSSR count). The Labute approximate surface area is 126 Å². The highest BCUT2D eigenvalue weighted by Crippen LogP contribution is 2.25. The van der Waals surface area contributed by atoms with Gasteiger partial charge in [-0.25, -0.2) is 4.39 Å². The van der Waals surface area contributed by atoms with E-state index >= 15 is 0 Å². The smallest absolute Gasteiger partial charge is 0.123 e. The number of rotatable bonds is 6. The molecule has 0 radical (unpaired) electrons. The molecular formula is C18H22FNO. The molecule has 3 heteroatoms. The zero-order chi connectivity index (χ0) is 15.2. The van der Waals surface area contributed by atoms with Gasteiger partial charge in [0.15, 0.2) is 0 Å². The van der Waals surface area contributed by atoms with Gasteiger partial charge in [0.1, 0.15) is 11.6 Å². The van der Waals surface area contributed by atoms with Crippen molar-refractivity contribution >= 4 is 0 Å². The van der Waals surface area contributed by atoms with E-state index < -0.39 is 0 Å². The van der Waals surface area contributed by atoms with Crippen LogP contribution < -0.4 is 10.1 Å². The third kappa shape index (κ3) is 4.05. The van der Waals surface area contributed by atoms with Gasteiger partial charge >= 0.3 is 0 Å². The highest BCUT2D eigenvalue weighted by atomic mass is 19.1. The molecular weight excluding hydrogens is 265 g/mol. The van der Waals surface area contributed by atoms with Crippen LogP contribution in [0.1, 0.15) is 36.1 Å². The molecule has 2 nitrogen and oxygen atoms in total. The number of ether oxygens (including phenoxy) is 1. The Bertz CT molecular complexity index is 560. The summed E-state index contributed by atoms with van der Waals surface area (Å²) >= 11 is 0. The van der Waals surface area contributed by atoms with Crippen LogP contribution in [-0.2, 0) is 0 Å². The summed E-state index contributed by atoms with van der Waals surface area (Å²) < 4.78 is 19.2. The van der Waals surface area contributed by atoms with Crippen molar-refractivity contribution in [2.45, 2.75) is 26.3 Å². The third-order valence-corrected chi connectivity index (χ3v) is 3.37. The Morgan fingerprint density at radius 1 is 1.10 bits per heavy atom. The highest BCUT2D eigenvalue weighted by Gasteiger charge is 2.13. The van der Waals surface area contributed by atoms with E-state index in [2.05, 4.69) is 12.2 Å². The van der Waals surface area contributed by atoms with Crippen LogP contribution in [0.2, 0.25) is 0 Å². The standard InChI is InChI=1S/C18H22FNO/c1-4-9-21-17-7-5-14(6-8-17)18(20-3)15-10-13(2)11-16(19)12-15/h5-8,10-12,18,20H,4,9H2,1-3H3.